The number of anilines is 2. The number of hydrogen-bond acceptors (Lipinski definition) is 5. The van der Waals surface area contributed by atoms with Crippen molar-refractivity contribution < 1.29 is 14.3 Å². The summed E-state index contributed by atoms with van der Waals surface area (Å²) in [6.07, 6.45) is 5.23. The minimum absolute atomic E-state index is 0.136. The number of amides is 3. The van der Waals surface area contributed by atoms with Crippen LogP contribution in [0.15, 0.2) is 85.2 Å². The molecule has 0 atom stereocenters. The third-order valence-corrected chi connectivity index (χ3v) is 7.03. The van der Waals surface area contributed by atoms with Gasteiger partial charge in [0.25, 0.3) is 0 Å². The van der Waals surface area contributed by atoms with Crippen molar-refractivity contribution in [1.29, 1.82) is 0 Å². The summed E-state index contributed by atoms with van der Waals surface area (Å²) in [5.74, 6) is 0. The summed E-state index contributed by atoms with van der Waals surface area (Å²) in [6, 6.07) is 23.5. The second-order valence-electron chi connectivity index (χ2n) is 11.5. The Morgan fingerprint density at radius 3 is 2.27 bits per heavy atom. The van der Waals surface area contributed by atoms with Crippen molar-refractivity contribution in [3.05, 3.63) is 90.8 Å². The molecule has 1 aliphatic heterocycles. The number of fused-ring (bicyclic) bond motifs is 1. The predicted molar refractivity (Wildman–Crippen MR) is 164 cm³/mol. The quantitative estimate of drug-likeness (QED) is 0.239. The Morgan fingerprint density at radius 2 is 1.59 bits per heavy atom. The first-order chi connectivity index (χ1) is 19.7. The zero-order valence-corrected chi connectivity index (χ0v) is 23.8. The van der Waals surface area contributed by atoms with Gasteiger partial charge in [-0.25, -0.2) is 9.59 Å². The molecule has 41 heavy (non-hydrogen) atoms. The fourth-order valence-corrected chi connectivity index (χ4v) is 5.06. The number of benzene rings is 3. The predicted octanol–water partition coefficient (Wildman–Crippen LogP) is 7.03. The van der Waals surface area contributed by atoms with Crippen LogP contribution in [0.2, 0.25) is 0 Å². The molecule has 0 aliphatic carbocycles. The van der Waals surface area contributed by atoms with Gasteiger partial charge in [-0.1, -0.05) is 42.5 Å². The molecule has 2 heterocycles. The van der Waals surface area contributed by atoms with Gasteiger partial charge in [-0.15, -0.1) is 0 Å². The van der Waals surface area contributed by atoms with Gasteiger partial charge in [-0.2, -0.15) is 0 Å². The largest absolute Gasteiger partial charge is 0.444 e. The van der Waals surface area contributed by atoms with E-state index in [0.717, 1.165) is 60.1 Å². The number of urea groups is 1. The highest BCUT2D eigenvalue weighted by molar-refractivity contribution is 6.00. The number of alkyl carbamates (subject to hydrolysis) is 1. The Hall–Kier alpha value is -4.43. The van der Waals surface area contributed by atoms with Crippen molar-refractivity contribution in [2.45, 2.75) is 51.8 Å². The van der Waals surface area contributed by atoms with Crippen LogP contribution in [0.5, 0.6) is 0 Å². The third kappa shape index (κ3) is 7.83. The molecular formula is C33H37N5O3. The van der Waals surface area contributed by atoms with Crippen LogP contribution in [0.3, 0.4) is 0 Å². The van der Waals surface area contributed by atoms with Gasteiger partial charge in [0.05, 0.1) is 0 Å². The Balaban J connectivity index is 1.21. The molecule has 3 amide bonds. The highest BCUT2D eigenvalue weighted by atomic mass is 16.6. The van der Waals surface area contributed by atoms with Gasteiger partial charge < -0.3 is 20.7 Å². The second kappa shape index (κ2) is 12.4. The van der Waals surface area contributed by atoms with E-state index in [9.17, 15) is 9.59 Å². The van der Waals surface area contributed by atoms with Crippen LogP contribution in [0, 0.1) is 0 Å². The highest BCUT2D eigenvalue weighted by Gasteiger charge is 2.23. The van der Waals surface area contributed by atoms with Gasteiger partial charge in [0, 0.05) is 60.4 Å². The summed E-state index contributed by atoms with van der Waals surface area (Å²) in [5, 5.41) is 10.9. The van der Waals surface area contributed by atoms with Crippen molar-refractivity contribution in [2.24, 2.45) is 0 Å². The number of ether oxygens (including phenoxy) is 1. The maximum Gasteiger partial charge on any atom is 0.407 e. The van der Waals surface area contributed by atoms with E-state index < -0.39 is 5.60 Å². The van der Waals surface area contributed by atoms with Crippen LogP contribution in [0.1, 0.15) is 39.2 Å². The maximum absolute atomic E-state index is 12.4. The van der Waals surface area contributed by atoms with Gasteiger partial charge in [0.2, 0.25) is 0 Å². The number of carbonyl (C=O) groups is 2. The van der Waals surface area contributed by atoms with Crippen LogP contribution < -0.4 is 16.0 Å². The molecule has 8 heteroatoms. The van der Waals surface area contributed by atoms with E-state index >= 15 is 0 Å². The van der Waals surface area contributed by atoms with Crippen LogP contribution in [-0.4, -0.2) is 46.7 Å². The number of aromatic nitrogens is 1. The van der Waals surface area contributed by atoms with E-state index in [1.807, 2.05) is 87.8 Å². The number of nitrogens with one attached hydrogen (secondary N) is 3. The molecule has 0 radical (unpaired) electrons. The van der Waals surface area contributed by atoms with E-state index in [2.05, 4.69) is 44.0 Å². The highest BCUT2D eigenvalue weighted by Crippen LogP contribution is 2.30. The van der Waals surface area contributed by atoms with E-state index in [-0.39, 0.29) is 18.2 Å². The molecule has 0 spiro atoms. The Kier molecular flexibility index (Phi) is 8.50. The number of likely N-dealkylation sites (tertiary alicyclic amines) is 1. The lowest BCUT2D eigenvalue weighted by molar-refractivity contribution is 0.0477. The first kappa shape index (κ1) is 28.1. The van der Waals surface area contributed by atoms with Crippen molar-refractivity contribution >= 4 is 34.3 Å². The normalized spacial score (nSPS) is 14.4. The van der Waals surface area contributed by atoms with Crippen LogP contribution >= 0.6 is 0 Å². The zero-order chi connectivity index (χ0) is 28.8. The van der Waals surface area contributed by atoms with Crippen molar-refractivity contribution in [2.75, 3.05) is 23.7 Å². The number of piperidine rings is 1. The number of para-hydroxylation sites is 1. The standard InChI is InChI=1S/C33H37N5O3/c1-33(2,3)41-32(40)37-28-15-17-38(18-16-28)22-23-9-10-25-20-34-21-30(29(25)19-23)24-11-13-27(14-12-24)36-31(39)35-26-7-5-4-6-8-26/h4-14,19-21,28H,15-18,22H2,1-3H3,(H,37,40)(H2,35,36,39). The van der Waals surface area contributed by atoms with E-state index in [0.29, 0.717) is 5.69 Å². The minimum Gasteiger partial charge on any atom is -0.444 e. The first-order valence-electron chi connectivity index (χ1n) is 14.0. The number of carbonyl (C=O) groups excluding carboxylic acids is 2. The van der Waals surface area contributed by atoms with E-state index in [1.54, 1.807) is 0 Å². The molecule has 1 fully saturated rings. The van der Waals surface area contributed by atoms with Gasteiger partial charge in [-0.05, 0) is 80.5 Å². The molecular weight excluding hydrogens is 514 g/mol. The molecule has 212 valence electrons. The molecule has 0 unspecified atom stereocenters. The van der Waals surface area contributed by atoms with Crippen molar-refractivity contribution in [3.8, 4) is 11.1 Å². The Morgan fingerprint density at radius 1 is 0.902 bits per heavy atom. The molecule has 0 bridgehead atoms. The fourth-order valence-electron chi connectivity index (χ4n) is 5.06. The molecule has 5 rings (SSSR count). The maximum atomic E-state index is 12.4. The van der Waals surface area contributed by atoms with E-state index in [4.69, 9.17) is 4.74 Å². The topological polar surface area (TPSA) is 95.6 Å². The summed E-state index contributed by atoms with van der Waals surface area (Å²) in [7, 11) is 0. The molecule has 4 aromatic rings. The Bertz CT molecular complexity index is 1490. The van der Waals surface area contributed by atoms with Crippen LogP contribution in [0.4, 0.5) is 21.0 Å². The first-order valence-corrected chi connectivity index (χ1v) is 14.0. The second-order valence-corrected chi connectivity index (χ2v) is 11.5. The Labute approximate surface area is 241 Å². The average molecular weight is 552 g/mol. The smallest absolute Gasteiger partial charge is 0.407 e. The monoisotopic (exact) mass is 551 g/mol. The molecule has 8 nitrogen and oxygen atoms in total. The summed E-state index contributed by atoms with van der Waals surface area (Å²) in [5.41, 5.74) is 4.27. The number of pyridine rings is 1. The van der Waals surface area contributed by atoms with Crippen LogP contribution in [0.25, 0.3) is 21.9 Å². The lowest BCUT2D eigenvalue weighted by Gasteiger charge is -2.33. The molecule has 3 aromatic carbocycles. The summed E-state index contributed by atoms with van der Waals surface area (Å²) in [6.45, 7) is 8.29. The third-order valence-electron chi connectivity index (χ3n) is 7.03. The summed E-state index contributed by atoms with van der Waals surface area (Å²) >= 11 is 0. The molecule has 0 saturated carbocycles. The van der Waals surface area contributed by atoms with Gasteiger partial charge in [0.15, 0.2) is 0 Å². The minimum atomic E-state index is -0.493. The molecule has 3 N–H and O–H groups in total. The van der Waals surface area contributed by atoms with E-state index in [1.165, 1.54) is 5.56 Å². The zero-order valence-electron chi connectivity index (χ0n) is 23.8. The number of hydrogen-bond donors (Lipinski definition) is 3. The molecule has 1 aromatic heterocycles. The average Bonchev–Trinajstić information content (AvgIpc) is 2.94. The van der Waals surface area contributed by atoms with Gasteiger partial charge >= 0.3 is 12.1 Å². The van der Waals surface area contributed by atoms with Gasteiger partial charge in [-0.3, -0.25) is 9.88 Å². The lowest BCUT2D eigenvalue weighted by Crippen LogP contribution is -2.45. The number of nitrogens with zero attached hydrogens (tertiary/aromatic N) is 2. The fraction of sp³-hybridized carbons (Fsp3) is 0.303. The summed E-state index contributed by atoms with van der Waals surface area (Å²) < 4.78 is 5.41. The number of rotatable bonds is 6. The molecule has 1 aliphatic rings. The SMILES string of the molecule is CC(C)(C)OC(=O)NC1CCN(Cc2ccc3cncc(-c4ccc(NC(=O)Nc5ccccc5)cc4)c3c2)CC1. The van der Waals surface area contributed by atoms with Crippen LogP contribution in [-0.2, 0) is 11.3 Å². The van der Waals surface area contributed by atoms with Crippen molar-refractivity contribution in [3.63, 3.8) is 0 Å². The van der Waals surface area contributed by atoms with Crippen molar-refractivity contribution in [1.82, 2.24) is 15.2 Å². The summed E-state index contributed by atoms with van der Waals surface area (Å²) in [4.78, 5) is 31.4. The van der Waals surface area contributed by atoms with Gasteiger partial charge in [0.1, 0.15) is 5.60 Å². The molecule has 1 saturated heterocycles. The lowest BCUT2D eigenvalue weighted by atomic mass is 9.98.